The maximum absolute atomic E-state index is 13.3. The minimum Gasteiger partial charge on any atom is -0.480 e. The van der Waals surface area contributed by atoms with Crippen molar-refractivity contribution in [2.75, 3.05) is 19.6 Å². The van der Waals surface area contributed by atoms with E-state index in [4.69, 9.17) is 22.9 Å². The summed E-state index contributed by atoms with van der Waals surface area (Å²) in [7, 11) is 0. The van der Waals surface area contributed by atoms with Crippen LogP contribution in [0.3, 0.4) is 0 Å². The summed E-state index contributed by atoms with van der Waals surface area (Å²) in [5.74, 6) is -2.75. The number of aromatic nitrogens is 2. The maximum atomic E-state index is 13.3. The zero-order valence-electron chi connectivity index (χ0n) is 21.5. The summed E-state index contributed by atoms with van der Waals surface area (Å²) in [5, 5.41) is 14.8. The number of rotatable bonds is 16. The number of aliphatic imine (C=N–C) groups is 1. The third-order valence-electron chi connectivity index (χ3n) is 6.30. The van der Waals surface area contributed by atoms with E-state index < -0.39 is 42.0 Å². The van der Waals surface area contributed by atoms with Crippen LogP contribution in [-0.4, -0.2) is 93.4 Å². The molecular weight excluding hydrogens is 496 g/mol. The summed E-state index contributed by atoms with van der Waals surface area (Å²) in [4.78, 5) is 63.1. The topological polar surface area (TPSA) is 261 Å². The molecule has 212 valence electrons. The van der Waals surface area contributed by atoms with E-state index in [2.05, 4.69) is 25.6 Å². The molecule has 12 N–H and O–H groups in total. The zero-order chi connectivity index (χ0) is 28.1. The molecule has 0 radical (unpaired) electrons. The Balaban J connectivity index is 2.07. The first-order valence-electron chi connectivity index (χ1n) is 12.8. The van der Waals surface area contributed by atoms with Crippen LogP contribution < -0.4 is 33.6 Å². The Morgan fingerprint density at radius 1 is 1.16 bits per heavy atom. The Hall–Kier alpha value is -3.72. The van der Waals surface area contributed by atoms with Crippen LogP contribution in [0.5, 0.6) is 0 Å². The van der Waals surface area contributed by atoms with Crippen LogP contribution in [0, 0.1) is 0 Å². The number of aliphatic carboxylic acids is 1. The Labute approximate surface area is 221 Å². The molecule has 38 heavy (non-hydrogen) atoms. The molecule has 1 aliphatic heterocycles. The van der Waals surface area contributed by atoms with E-state index >= 15 is 0 Å². The summed E-state index contributed by atoms with van der Waals surface area (Å²) >= 11 is 0. The van der Waals surface area contributed by atoms with Gasteiger partial charge in [-0.2, -0.15) is 0 Å². The molecule has 1 aromatic heterocycles. The Morgan fingerprint density at radius 2 is 1.92 bits per heavy atom. The molecular formula is C23H40N10O5. The number of carbonyl (C=O) groups is 4. The summed E-state index contributed by atoms with van der Waals surface area (Å²) in [6.07, 6.45) is 6.20. The molecule has 4 unspecified atom stereocenters. The van der Waals surface area contributed by atoms with Crippen LogP contribution in [0.25, 0.3) is 0 Å². The smallest absolute Gasteiger partial charge is 0.326 e. The highest BCUT2D eigenvalue weighted by Gasteiger charge is 2.38. The lowest BCUT2D eigenvalue weighted by Gasteiger charge is -2.28. The van der Waals surface area contributed by atoms with Crippen LogP contribution in [-0.2, 0) is 25.6 Å². The van der Waals surface area contributed by atoms with E-state index in [1.165, 1.54) is 17.4 Å². The number of nitrogens with two attached hydrogens (primary N) is 4. The largest absolute Gasteiger partial charge is 0.480 e. The Kier molecular flexibility index (Phi) is 12.5. The standard InChI is InChI=1S/C23H40N10O5/c24-8-2-1-6-16(22(37)38)31-19(34)17(11-14-12-28-13-30-14)32-20(35)18-7-4-10-33(18)21(36)15(25)5-3-9-29-23(26)27/h12-13,15-18H,1-11,24-25H2,(H,28,30)(H,31,34)(H,32,35)(H,37,38)(H4,26,27,29). The molecule has 1 fully saturated rings. The van der Waals surface area contributed by atoms with Crippen LogP contribution in [0.15, 0.2) is 17.5 Å². The van der Waals surface area contributed by atoms with Gasteiger partial charge < -0.3 is 48.6 Å². The number of likely N-dealkylation sites (tertiary alicyclic amines) is 1. The third-order valence-corrected chi connectivity index (χ3v) is 6.30. The van der Waals surface area contributed by atoms with Crippen LogP contribution >= 0.6 is 0 Å². The number of imidazole rings is 1. The van der Waals surface area contributed by atoms with Crippen molar-refractivity contribution in [2.24, 2.45) is 27.9 Å². The molecule has 1 saturated heterocycles. The normalized spacial score (nSPS) is 17.3. The molecule has 2 heterocycles. The molecule has 0 aliphatic carbocycles. The van der Waals surface area contributed by atoms with Gasteiger partial charge >= 0.3 is 5.97 Å². The van der Waals surface area contributed by atoms with Gasteiger partial charge in [0.1, 0.15) is 18.1 Å². The number of carbonyl (C=O) groups excluding carboxylic acids is 3. The molecule has 15 nitrogen and oxygen atoms in total. The lowest BCUT2D eigenvalue weighted by Crippen LogP contribution is -2.57. The van der Waals surface area contributed by atoms with E-state index in [1.807, 2.05) is 0 Å². The van der Waals surface area contributed by atoms with Gasteiger partial charge in [-0.05, 0) is 51.5 Å². The molecule has 3 amide bonds. The van der Waals surface area contributed by atoms with Gasteiger partial charge in [0.2, 0.25) is 17.7 Å². The zero-order valence-corrected chi connectivity index (χ0v) is 21.5. The Bertz CT molecular complexity index is 950. The van der Waals surface area contributed by atoms with Gasteiger partial charge in [-0.15, -0.1) is 0 Å². The summed E-state index contributed by atoms with van der Waals surface area (Å²) in [5.41, 5.74) is 22.7. The SMILES string of the molecule is NCCCCC(NC(=O)C(Cc1cnc[nH]1)NC(=O)C1CCCN1C(=O)C(N)CCCN=C(N)N)C(=O)O. The first-order chi connectivity index (χ1) is 18.1. The number of H-pyrrole nitrogens is 1. The average Bonchev–Trinajstić information content (AvgIpc) is 3.57. The molecule has 1 aliphatic rings. The predicted molar refractivity (Wildman–Crippen MR) is 139 cm³/mol. The highest BCUT2D eigenvalue weighted by Crippen LogP contribution is 2.19. The number of hydrogen-bond donors (Lipinski definition) is 8. The molecule has 0 saturated carbocycles. The number of hydrogen-bond acceptors (Lipinski definition) is 8. The van der Waals surface area contributed by atoms with E-state index in [9.17, 15) is 24.3 Å². The molecule has 0 spiro atoms. The second-order valence-corrected chi connectivity index (χ2v) is 9.27. The van der Waals surface area contributed by atoms with E-state index in [1.54, 1.807) is 0 Å². The second kappa shape index (κ2) is 15.5. The van der Waals surface area contributed by atoms with Crippen molar-refractivity contribution in [3.05, 3.63) is 18.2 Å². The van der Waals surface area contributed by atoms with E-state index in [0.717, 1.165) is 0 Å². The van der Waals surface area contributed by atoms with Crippen molar-refractivity contribution >= 4 is 29.7 Å². The van der Waals surface area contributed by atoms with E-state index in [0.29, 0.717) is 63.9 Å². The number of guanidine groups is 1. The number of amides is 3. The van der Waals surface area contributed by atoms with Crippen LogP contribution in [0.2, 0.25) is 0 Å². The number of nitrogens with one attached hydrogen (secondary N) is 3. The molecule has 2 rings (SSSR count). The van der Waals surface area contributed by atoms with Crippen molar-refractivity contribution in [1.29, 1.82) is 0 Å². The number of unbranched alkanes of at least 4 members (excludes halogenated alkanes) is 1. The average molecular weight is 537 g/mol. The summed E-state index contributed by atoms with van der Waals surface area (Å²) in [6, 6.07) is -3.85. The molecule has 15 heteroatoms. The first-order valence-corrected chi connectivity index (χ1v) is 12.8. The molecule has 0 aromatic carbocycles. The predicted octanol–water partition coefficient (Wildman–Crippen LogP) is -2.49. The lowest BCUT2D eigenvalue weighted by molar-refractivity contribution is -0.143. The number of nitrogens with zero attached hydrogens (tertiary/aromatic N) is 3. The second-order valence-electron chi connectivity index (χ2n) is 9.27. The fraction of sp³-hybridized carbons (Fsp3) is 0.652. The number of carboxylic acids is 1. The van der Waals surface area contributed by atoms with Crippen molar-refractivity contribution < 1.29 is 24.3 Å². The van der Waals surface area contributed by atoms with Gasteiger partial charge in [0, 0.05) is 31.4 Å². The number of aromatic amines is 1. The quantitative estimate of drug-likeness (QED) is 0.0625. The fourth-order valence-electron chi connectivity index (χ4n) is 4.27. The van der Waals surface area contributed by atoms with Gasteiger partial charge in [-0.1, -0.05) is 0 Å². The van der Waals surface area contributed by atoms with Crippen LogP contribution in [0.1, 0.15) is 50.6 Å². The highest BCUT2D eigenvalue weighted by molar-refractivity contribution is 5.94. The third kappa shape index (κ3) is 9.63. The van der Waals surface area contributed by atoms with Gasteiger partial charge in [0.05, 0.1) is 12.4 Å². The molecule has 1 aromatic rings. The summed E-state index contributed by atoms with van der Waals surface area (Å²) in [6.45, 7) is 1.11. The Morgan fingerprint density at radius 3 is 2.55 bits per heavy atom. The van der Waals surface area contributed by atoms with E-state index in [-0.39, 0.29) is 24.7 Å². The number of carboxylic acid groups (broad SMARTS) is 1. The monoisotopic (exact) mass is 536 g/mol. The minimum absolute atomic E-state index is 0.0415. The minimum atomic E-state index is -1.18. The van der Waals surface area contributed by atoms with Gasteiger partial charge in [-0.3, -0.25) is 19.4 Å². The maximum Gasteiger partial charge on any atom is 0.326 e. The van der Waals surface area contributed by atoms with Crippen molar-refractivity contribution in [3.8, 4) is 0 Å². The molecule has 0 bridgehead atoms. The van der Waals surface area contributed by atoms with Gasteiger partial charge in [0.15, 0.2) is 5.96 Å². The first kappa shape index (κ1) is 30.5. The fourth-order valence-corrected chi connectivity index (χ4v) is 4.27. The highest BCUT2D eigenvalue weighted by atomic mass is 16.4. The lowest BCUT2D eigenvalue weighted by atomic mass is 10.1. The van der Waals surface area contributed by atoms with Crippen molar-refractivity contribution in [2.45, 2.75) is 75.5 Å². The van der Waals surface area contributed by atoms with Crippen LogP contribution in [0.4, 0.5) is 0 Å². The van der Waals surface area contributed by atoms with Crippen molar-refractivity contribution in [1.82, 2.24) is 25.5 Å². The van der Waals surface area contributed by atoms with Gasteiger partial charge in [0.25, 0.3) is 0 Å². The summed E-state index contributed by atoms with van der Waals surface area (Å²) < 4.78 is 0. The van der Waals surface area contributed by atoms with Crippen molar-refractivity contribution in [3.63, 3.8) is 0 Å². The van der Waals surface area contributed by atoms with Gasteiger partial charge in [-0.25, -0.2) is 9.78 Å². The molecule has 4 atom stereocenters.